The van der Waals surface area contributed by atoms with E-state index in [1.165, 1.54) is 5.56 Å². The molecule has 1 aromatic carbocycles. The van der Waals surface area contributed by atoms with Crippen LogP contribution in [0.25, 0.3) is 10.4 Å². The Morgan fingerprint density at radius 2 is 1.94 bits per heavy atom. The van der Waals surface area contributed by atoms with E-state index in [4.69, 9.17) is 0 Å². The Kier molecular flexibility index (Phi) is 2.88. The summed E-state index contributed by atoms with van der Waals surface area (Å²) in [6.45, 7) is 5.98. The number of hydrogen-bond acceptors (Lipinski definition) is 3. The molecular weight excluding hydrogens is 218 g/mol. The Balaban J connectivity index is 2.58. The number of carbonyl (C=O) groups is 1. The van der Waals surface area contributed by atoms with Crippen LogP contribution in [0, 0.1) is 20.8 Å². The van der Waals surface area contributed by atoms with Gasteiger partial charge in [0.05, 0.1) is 9.88 Å². The van der Waals surface area contributed by atoms with Crippen LogP contribution in [-0.2, 0) is 0 Å². The Morgan fingerprint density at radius 3 is 2.50 bits per heavy atom. The van der Waals surface area contributed by atoms with Gasteiger partial charge in [-0.15, -0.1) is 11.3 Å². The maximum absolute atomic E-state index is 10.8. The van der Waals surface area contributed by atoms with Crippen LogP contribution in [0.1, 0.15) is 26.5 Å². The Morgan fingerprint density at radius 1 is 1.19 bits per heavy atom. The van der Waals surface area contributed by atoms with Gasteiger partial charge in [-0.2, -0.15) is 0 Å². The van der Waals surface area contributed by atoms with Gasteiger partial charge < -0.3 is 0 Å². The molecule has 82 valence electrons. The van der Waals surface area contributed by atoms with E-state index in [1.807, 2.05) is 33.0 Å². The first-order chi connectivity index (χ1) is 7.61. The number of benzene rings is 1. The lowest BCUT2D eigenvalue weighted by Crippen LogP contribution is -1.90. The first kappa shape index (κ1) is 11.0. The molecule has 0 fully saturated rings. The van der Waals surface area contributed by atoms with Gasteiger partial charge in [-0.25, -0.2) is 4.98 Å². The molecule has 0 aliphatic carbocycles. The second kappa shape index (κ2) is 4.18. The molecule has 0 aliphatic heterocycles. The summed E-state index contributed by atoms with van der Waals surface area (Å²) in [7, 11) is 0. The number of thiazole rings is 1. The summed E-state index contributed by atoms with van der Waals surface area (Å²) in [6, 6.07) is 4.00. The molecule has 0 bridgehead atoms. The lowest BCUT2D eigenvalue weighted by atomic mass is 10.00. The smallest absolute Gasteiger partial charge is 0.150 e. The van der Waals surface area contributed by atoms with E-state index in [0.29, 0.717) is 0 Å². The Bertz CT molecular complexity index is 543. The van der Waals surface area contributed by atoms with Crippen molar-refractivity contribution in [3.8, 4) is 10.4 Å². The molecule has 2 nitrogen and oxygen atoms in total. The van der Waals surface area contributed by atoms with Crippen LogP contribution in [0.2, 0.25) is 0 Å². The van der Waals surface area contributed by atoms with Crippen molar-refractivity contribution in [2.75, 3.05) is 0 Å². The summed E-state index contributed by atoms with van der Waals surface area (Å²) in [6.07, 6.45) is 2.80. The summed E-state index contributed by atoms with van der Waals surface area (Å²) in [5, 5.41) is 1.06. The van der Waals surface area contributed by atoms with Gasteiger partial charge in [0.1, 0.15) is 6.29 Å². The monoisotopic (exact) mass is 231 g/mol. The van der Waals surface area contributed by atoms with Gasteiger partial charge in [0.15, 0.2) is 0 Å². The van der Waals surface area contributed by atoms with Gasteiger partial charge >= 0.3 is 0 Å². The molecular formula is C13H13NOS. The summed E-state index contributed by atoms with van der Waals surface area (Å²) in [5.74, 6) is 0. The zero-order chi connectivity index (χ0) is 11.7. The number of hydrogen-bond donors (Lipinski definition) is 0. The Labute approximate surface area is 99.0 Å². The lowest BCUT2D eigenvalue weighted by molar-refractivity contribution is 0.112. The molecule has 0 spiro atoms. The van der Waals surface area contributed by atoms with Crippen LogP contribution in [0.5, 0.6) is 0 Å². The van der Waals surface area contributed by atoms with Gasteiger partial charge in [0.2, 0.25) is 0 Å². The van der Waals surface area contributed by atoms with E-state index < -0.39 is 0 Å². The second-order valence-electron chi connectivity index (χ2n) is 3.89. The van der Waals surface area contributed by atoms with Crippen molar-refractivity contribution < 1.29 is 4.79 Å². The lowest BCUT2D eigenvalue weighted by Gasteiger charge is -2.06. The van der Waals surface area contributed by atoms with Crippen LogP contribution in [0.3, 0.4) is 0 Å². The first-order valence-electron chi connectivity index (χ1n) is 5.11. The average molecular weight is 231 g/mol. The third-order valence-electron chi connectivity index (χ3n) is 2.63. The largest absolute Gasteiger partial charge is 0.298 e. The molecule has 0 aliphatic rings. The molecule has 0 amide bonds. The normalized spacial score (nSPS) is 10.4. The first-order valence-corrected chi connectivity index (χ1v) is 5.92. The fraction of sp³-hybridized carbons (Fsp3) is 0.231. The van der Waals surface area contributed by atoms with Crippen molar-refractivity contribution in [2.24, 2.45) is 0 Å². The maximum atomic E-state index is 10.8. The molecule has 0 saturated carbocycles. The van der Waals surface area contributed by atoms with Gasteiger partial charge in [0, 0.05) is 11.8 Å². The third kappa shape index (κ3) is 1.91. The van der Waals surface area contributed by atoms with Crippen molar-refractivity contribution in [3.05, 3.63) is 40.0 Å². The van der Waals surface area contributed by atoms with Gasteiger partial charge in [-0.3, -0.25) is 4.79 Å². The average Bonchev–Trinajstić information content (AvgIpc) is 2.67. The van der Waals surface area contributed by atoms with Crippen molar-refractivity contribution in [3.63, 3.8) is 0 Å². The highest BCUT2D eigenvalue weighted by atomic mass is 32.1. The quantitative estimate of drug-likeness (QED) is 0.740. The molecule has 1 aromatic heterocycles. The van der Waals surface area contributed by atoms with Crippen molar-refractivity contribution in [1.29, 1.82) is 0 Å². The maximum Gasteiger partial charge on any atom is 0.150 e. The van der Waals surface area contributed by atoms with Crippen LogP contribution >= 0.6 is 11.3 Å². The number of aldehydes is 1. The molecule has 3 heteroatoms. The minimum atomic E-state index is 0.766. The summed E-state index contributed by atoms with van der Waals surface area (Å²) in [5.41, 5.74) is 4.08. The van der Waals surface area contributed by atoms with E-state index in [2.05, 4.69) is 11.1 Å². The molecule has 0 unspecified atom stereocenters. The number of carbonyl (C=O) groups excluding carboxylic acids is 1. The van der Waals surface area contributed by atoms with Crippen LogP contribution in [-0.4, -0.2) is 11.3 Å². The molecule has 0 N–H and O–H groups in total. The van der Waals surface area contributed by atoms with Crippen molar-refractivity contribution in [1.82, 2.24) is 4.98 Å². The van der Waals surface area contributed by atoms with Crippen molar-refractivity contribution >= 4 is 17.6 Å². The highest BCUT2D eigenvalue weighted by Gasteiger charge is 2.08. The SMILES string of the molecule is Cc1ncc(-c2cc(C)c(C=O)cc2C)s1. The van der Waals surface area contributed by atoms with Gasteiger partial charge in [0.25, 0.3) is 0 Å². The molecule has 2 aromatic rings. The minimum absolute atomic E-state index is 0.766. The molecule has 0 atom stereocenters. The van der Waals surface area contributed by atoms with E-state index >= 15 is 0 Å². The summed E-state index contributed by atoms with van der Waals surface area (Å²) < 4.78 is 0. The second-order valence-corrected chi connectivity index (χ2v) is 5.12. The van der Waals surface area contributed by atoms with Crippen molar-refractivity contribution in [2.45, 2.75) is 20.8 Å². The van der Waals surface area contributed by atoms with E-state index in [-0.39, 0.29) is 0 Å². The fourth-order valence-electron chi connectivity index (χ4n) is 1.72. The number of aryl methyl sites for hydroxylation is 3. The zero-order valence-electron chi connectivity index (χ0n) is 9.57. The highest BCUT2D eigenvalue weighted by Crippen LogP contribution is 2.30. The standard InChI is InChI=1S/C13H13NOS/c1-8-5-12(9(2)4-11(8)7-15)13-6-14-10(3)16-13/h4-7H,1-3H3. The predicted octanol–water partition coefficient (Wildman–Crippen LogP) is 3.55. The van der Waals surface area contributed by atoms with E-state index in [9.17, 15) is 4.79 Å². The minimum Gasteiger partial charge on any atom is -0.298 e. The number of nitrogens with zero attached hydrogens (tertiary/aromatic N) is 1. The number of aromatic nitrogens is 1. The fourth-order valence-corrected chi connectivity index (χ4v) is 2.58. The molecule has 0 radical (unpaired) electrons. The zero-order valence-corrected chi connectivity index (χ0v) is 10.4. The molecule has 0 saturated heterocycles. The Hall–Kier alpha value is -1.48. The third-order valence-corrected chi connectivity index (χ3v) is 3.57. The number of rotatable bonds is 2. The highest BCUT2D eigenvalue weighted by molar-refractivity contribution is 7.15. The van der Waals surface area contributed by atoms with Crippen LogP contribution in [0.4, 0.5) is 0 Å². The van der Waals surface area contributed by atoms with Gasteiger partial charge in [-0.1, -0.05) is 0 Å². The van der Waals surface area contributed by atoms with Crippen LogP contribution < -0.4 is 0 Å². The molecule has 2 rings (SSSR count). The summed E-state index contributed by atoms with van der Waals surface area (Å²) in [4.78, 5) is 16.2. The predicted molar refractivity (Wildman–Crippen MR) is 67.1 cm³/mol. The van der Waals surface area contributed by atoms with E-state index in [1.54, 1.807) is 11.3 Å². The topological polar surface area (TPSA) is 30.0 Å². The van der Waals surface area contributed by atoms with E-state index in [0.717, 1.165) is 32.9 Å². The van der Waals surface area contributed by atoms with Gasteiger partial charge in [-0.05, 0) is 49.6 Å². The summed E-state index contributed by atoms with van der Waals surface area (Å²) >= 11 is 1.68. The van der Waals surface area contributed by atoms with Crippen LogP contribution in [0.15, 0.2) is 18.3 Å². The molecule has 16 heavy (non-hydrogen) atoms. The molecule has 1 heterocycles.